The van der Waals surface area contributed by atoms with Crippen molar-refractivity contribution in [3.8, 4) is 22.8 Å². The first kappa shape index (κ1) is 12.2. The van der Waals surface area contributed by atoms with E-state index in [-0.39, 0.29) is 11.6 Å². The molecule has 0 saturated heterocycles. The van der Waals surface area contributed by atoms with E-state index < -0.39 is 5.82 Å². The standard InChI is InChI=1S/C12H13FN2O3/c1-6-7(9-5-10(14)18-15-9)4-8(13)12(17-3)11(6)16-2/h4-5H,14H2,1-3H3. The lowest BCUT2D eigenvalue weighted by molar-refractivity contribution is 0.336. The number of methoxy groups -OCH3 is 2. The number of benzene rings is 1. The maximum atomic E-state index is 13.9. The molecule has 0 aliphatic carbocycles. The van der Waals surface area contributed by atoms with Crippen LogP contribution < -0.4 is 15.2 Å². The van der Waals surface area contributed by atoms with Gasteiger partial charge in [0.15, 0.2) is 17.3 Å². The first-order chi connectivity index (χ1) is 8.58. The molecule has 1 aromatic carbocycles. The van der Waals surface area contributed by atoms with Gasteiger partial charge in [0.05, 0.1) is 14.2 Å². The fourth-order valence-corrected chi connectivity index (χ4v) is 1.82. The topological polar surface area (TPSA) is 70.5 Å². The van der Waals surface area contributed by atoms with Crippen LogP contribution in [0.25, 0.3) is 11.3 Å². The van der Waals surface area contributed by atoms with Crippen LogP contribution in [-0.2, 0) is 0 Å². The lowest BCUT2D eigenvalue weighted by Crippen LogP contribution is -1.98. The third-order valence-corrected chi connectivity index (χ3v) is 2.65. The summed E-state index contributed by atoms with van der Waals surface area (Å²) in [6.45, 7) is 1.78. The summed E-state index contributed by atoms with van der Waals surface area (Å²) in [5, 5.41) is 3.76. The molecule has 0 fully saturated rings. The molecule has 2 aromatic rings. The number of ether oxygens (including phenoxy) is 2. The predicted octanol–water partition coefficient (Wildman–Crippen LogP) is 2.39. The molecule has 0 spiro atoms. The van der Waals surface area contributed by atoms with Gasteiger partial charge in [-0.2, -0.15) is 0 Å². The number of halogens is 1. The number of aromatic nitrogens is 1. The molecule has 1 heterocycles. The molecule has 6 heteroatoms. The lowest BCUT2D eigenvalue weighted by atomic mass is 10.0. The molecule has 0 saturated carbocycles. The van der Waals surface area contributed by atoms with Gasteiger partial charge in [0.2, 0.25) is 5.88 Å². The molecule has 0 amide bonds. The third kappa shape index (κ3) is 1.85. The summed E-state index contributed by atoms with van der Waals surface area (Å²) in [6, 6.07) is 2.83. The number of nitrogens with two attached hydrogens (primary N) is 1. The summed E-state index contributed by atoms with van der Waals surface area (Å²) >= 11 is 0. The maximum Gasteiger partial charge on any atom is 0.222 e. The highest BCUT2D eigenvalue weighted by molar-refractivity contribution is 5.70. The Kier molecular flexibility index (Phi) is 3.10. The summed E-state index contributed by atoms with van der Waals surface area (Å²) in [7, 11) is 2.83. The Balaban J connectivity index is 2.66. The van der Waals surface area contributed by atoms with E-state index in [1.165, 1.54) is 26.4 Å². The number of hydrogen-bond donors (Lipinski definition) is 1. The van der Waals surface area contributed by atoms with Crippen LogP contribution in [0.3, 0.4) is 0 Å². The van der Waals surface area contributed by atoms with Crippen molar-refractivity contribution >= 4 is 5.88 Å². The molecule has 18 heavy (non-hydrogen) atoms. The summed E-state index contributed by atoms with van der Waals surface area (Å²) in [5.74, 6) is 0.0282. The quantitative estimate of drug-likeness (QED) is 0.908. The first-order valence-electron chi connectivity index (χ1n) is 5.22. The molecule has 2 N–H and O–H groups in total. The van der Waals surface area contributed by atoms with E-state index in [0.29, 0.717) is 22.6 Å². The zero-order valence-corrected chi connectivity index (χ0v) is 10.3. The highest BCUT2D eigenvalue weighted by atomic mass is 19.1. The highest BCUT2D eigenvalue weighted by Gasteiger charge is 2.19. The fourth-order valence-electron chi connectivity index (χ4n) is 1.82. The van der Waals surface area contributed by atoms with Crippen LogP contribution in [0.2, 0.25) is 0 Å². The normalized spacial score (nSPS) is 10.4. The van der Waals surface area contributed by atoms with E-state index in [1.807, 2.05) is 0 Å². The molecule has 2 rings (SSSR count). The van der Waals surface area contributed by atoms with Gasteiger partial charge in [0.25, 0.3) is 0 Å². The van der Waals surface area contributed by atoms with Gasteiger partial charge in [0, 0.05) is 17.2 Å². The second-order valence-electron chi connectivity index (χ2n) is 3.71. The average Bonchev–Trinajstić information content (AvgIpc) is 2.77. The monoisotopic (exact) mass is 252 g/mol. The Morgan fingerprint density at radius 1 is 1.22 bits per heavy atom. The minimum atomic E-state index is -0.531. The zero-order valence-electron chi connectivity index (χ0n) is 10.3. The van der Waals surface area contributed by atoms with Gasteiger partial charge in [0.1, 0.15) is 5.69 Å². The number of hydrogen-bond acceptors (Lipinski definition) is 5. The Labute approximate surface area is 103 Å². The minimum absolute atomic E-state index is 0.0650. The molecule has 0 aliphatic heterocycles. The van der Waals surface area contributed by atoms with Gasteiger partial charge in [-0.1, -0.05) is 5.16 Å². The number of nitrogens with zero attached hydrogens (tertiary/aromatic N) is 1. The fraction of sp³-hybridized carbons (Fsp3) is 0.250. The molecule has 0 radical (unpaired) electrons. The van der Waals surface area contributed by atoms with Crippen LogP contribution in [0, 0.1) is 12.7 Å². The summed E-state index contributed by atoms with van der Waals surface area (Å²) in [4.78, 5) is 0. The van der Waals surface area contributed by atoms with Crippen molar-refractivity contribution in [1.82, 2.24) is 5.16 Å². The van der Waals surface area contributed by atoms with Crippen molar-refractivity contribution in [3.05, 3.63) is 23.5 Å². The molecule has 1 aromatic heterocycles. The molecule has 0 bridgehead atoms. The average molecular weight is 252 g/mol. The molecule has 0 atom stereocenters. The smallest absolute Gasteiger partial charge is 0.222 e. The maximum absolute atomic E-state index is 13.9. The second-order valence-corrected chi connectivity index (χ2v) is 3.71. The molecule has 5 nitrogen and oxygen atoms in total. The van der Waals surface area contributed by atoms with E-state index in [1.54, 1.807) is 6.92 Å². The van der Waals surface area contributed by atoms with Gasteiger partial charge in [-0.05, 0) is 13.0 Å². The Bertz CT molecular complexity index is 581. The molecule has 96 valence electrons. The minimum Gasteiger partial charge on any atom is -0.492 e. The van der Waals surface area contributed by atoms with Crippen LogP contribution in [0.4, 0.5) is 10.3 Å². The SMILES string of the molecule is COc1c(F)cc(-c2cc(N)on2)c(C)c1OC. The van der Waals surface area contributed by atoms with Gasteiger partial charge < -0.3 is 19.7 Å². The predicted molar refractivity (Wildman–Crippen MR) is 64.2 cm³/mol. The Hall–Kier alpha value is -2.24. The van der Waals surface area contributed by atoms with E-state index in [2.05, 4.69) is 5.16 Å². The molecule has 0 unspecified atom stereocenters. The van der Waals surface area contributed by atoms with Crippen LogP contribution >= 0.6 is 0 Å². The van der Waals surface area contributed by atoms with Crippen LogP contribution in [-0.4, -0.2) is 19.4 Å². The van der Waals surface area contributed by atoms with E-state index in [0.717, 1.165) is 0 Å². The molecule has 0 aliphatic rings. The van der Waals surface area contributed by atoms with Gasteiger partial charge in [-0.3, -0.25) is 0 Å². The lowest BCUT2D eigenvalue weighted by Gasteiger charge is -2.13. The number of rotatable bonds is 3. The molecular weight excluding hydrogens is 239 g/mol. The van der Waals surface area contributed by atoms with Gasteiger partial charge >= 0.3 is 0 Å². The van der Waals surface area contributed by atoms with Crippen molar-refractivity contribution in [2.45, 2.75) is 6.92 Å². The van der Waals surface area contributed by atoms with E-state index in [4.69, 9.17) is 19.7 Å². The van der Waals surface area contributed by atoms with Crippen LogP contribution in [0.5, 0.6) is 11.5 Å². The van der Waals surface area contributed by atoms with E-state index >= 15 is 0 Å². The van der Waals surface area contributed by atoms with Crippen molar-refractivity contribution in [2.24, 2.45) is 0 Å². The Morgan fingerprint density at radius 2 is 1.89 bits per heavy atom. The van der Waals surface area contributed by atoms with E-state index in [9.17, 15) is 4.39 Å². The largest absolute Gasteiger partial charge is 0.492 e. The summed E-state index contributed by atoms with van der Waals surface area (Å²) in [6.07, 6.45) is 0. The Morgan fingerprint density at radius 3 is 2.39 bits per heavy atom. The van der Waals surface area contributed by atoms with Gasteiger partial charge in [-0.15, -0.1) is 0 Å². The van der Waals surface area contributed by atoms with Gasteiger partial charge in [-0.25, -0.2) is 4.39 Å². The van der Waals surface area contributed by atoms with Crippen LogP contribution in [0.15, 0.2) is 16.7 Å². The summed E-state index contributed by atoms with van der Waals surface area (Å²) < 4.78 is 28.8. The van der Waals surface area contributed by atoms with Crippen molar-refractivity contribution < 1.29 is 18.4 Å². The summed E-state index contributed by atoms with van der Waals surface area (Å²) in [5.41, 5.74) is 7.15. The highest BCUT2D eigenvalue weighted by Crippen LogP contribution is 2.39. The van der Waals surface area contributed by atoms with Crippen molar-refractivity contribution in [1.29, 1.82) is 0 Å². The third-order valence-electron chi connectivity index (χ3n) is 2.65. The second kappa shape index (κ2) is 4.56. The molecular formula is C12H13FN2O3. The first-order valence-corrected chi connectivity index (χ1v) is 5.22. The number of nitrogen functional groups attached to an aromatic ring is 1. The van der Waals surface area contributed by atoms with Crippen molar-refractivity contribution in [2.75, 3.05) is 20.0 Å². The van der Waals surface area contributed by atoms with Crippen LogP contribution in [0.1, 0.15) is 5.56 Å². The van der Waals surface area contributed by atoms with Crippen molar-refractivity contribution in [3.63, 3.8) is 0 Å². The number of anilines is 1. The zero-order chi connectivity index (χ0) is 13.3.